The van der Waals surface area contributed by atoms with Gasteiger partial charge in [0.15, 0.2) is 0 Å². The maximum Gasteiger partial charge on any atom is 0.263 e. The number of nitriles is 1. The molecule has 2 rings (SSSR count). The summed E-state index contributed by atoms with van der Waals surface area (Å²) in [5.41, 5.74) is 6.10. The van der Waals surface area contributed by atoms with Crippen LogP contribution in [0.2, 0.25) is 10.0 Å². The van der Waals surface area contributed by atoms with E-state index in [2.05, 4.69) is 4.72 Å². The van der Waals surface area contributed by atoms with E-state index in [9.17, 15) is 8.42 Å². The Bertz CT molecular complexity index is 845. The van der Waals surface area contributed by atoms with Crippen molar-refractivity contribution in [3.63, 3.8) is 0 Å². The van der Waals surface area contributed by atoms with Crippen molar-refractivity contribution in [3.8, 4) is 6.07 Å². The number of nitrogens with two attached hydrogens (primary N) is 1. The van der Waals surface area contributed by atoms with Crippen LogP contribution in [0.3, 0.4) is 0 Å². The molecule has 0 heterocycles. The van der Waals surface area contributed by atoms with Crippen LogP contribution in [0.1, 0.15) is 5.56 Å². The van der Waals surface area contributed by atoms with E-state index in [1.54, 1.807) is 0 Å². The van der Waals surface area contributed by atoms with Gasteiger partial charge < -0.3 is 5.73 Å². The van der Waals surface area contributed by atoms with Crippen LogP contribution in [-0.2, 0) is 10.0 Å². The van der Waals surface area contributed by atoms with E-state index in [1.807, 2.05) is 6.07 Å². The average molecular weight is 342 g/mol. The molecule has 21 heavy (non-hydrogen) atoms. The largest absolute Gasteiger partial charge is 0.398 e. The van der Waals surface area contributed by atoms with Crippen molar-refractivity contribution in [2.45, 2.75) is 4.90 Å². The molecule has 0 unspecified atom stereocenters. The highest BCUT2D eigenvalue weighted by atomic mass is 35.5. The van der Waals surface area contributed by atoms with Gasteiger partial charge in [0.2, 0.25) is 0 Å². The number of hydrogen-bond donors (Lipinski definition) is 2. The van der Waals surface area contributed by atoms with Gasteiger partial charge in [-0.15, -0.1) is 0 Å². The molecule has 0 amide bonds. The fourth-order valence-corrected chi connectivity index (χ4v) is 3.23. The molecule has 3 N–H and O–H groups in total. The predicted molar refractivity (Wildman–Crippen MR) is 82.8 cm³/mol. The fourth-order valence-electron chi connectivity index (χ4n) is 1.63. The molecule has 0 aliphatic heterocycles. The van der Waals surface area contributed by atoms with Crippen LogP contribution in [0.5, 0.6) is 0 Å². The summed E-state index contributed by atoms with van der Waals surface area (Å²) in [6.07, 6.45) is 0. The molecule has 0 aliphatic rings. The van der Waals surface area contributed by atoms with Crippen LogP contribution in [0.4, 0.5) is 11.4 Å². The van der Waals surface area contributed by atoms with Gasteiger partial charge in [0, 0.05) is 5.02 Å². The molecule has 0 saturated heterocycles. The number of hydrogen-bond acceptors (Lipinski definition) is 4. The highest BCUT2D eigenvalue weighted by Crippen LogP contribution is 2.26. The monoisotopic (exact) mass is 341 g/mol. The van der Waals surface area contributed by atoms with Crippen molar-refractivity contribution in [1.29, 1.82) is 5.26 Å². The Hall–Kier alpha value is -1.94. The summed E-state index contributed by atoms with van der Waals surface area (Å²) >= 11 is 11.6. The molecule has 0 fully saturated rings. The third kappa shape index (κ3) is 3.39. The molecule has 2 aromatic rings. The second kappa shape index (κ2) is 5.82. The quantitative estimate of drug-likeness (QED) is 0.837. The second-order valence-electron chi connectivity index (χ2n) is 4.09. The predicted octanol–water partition coefficient (Wildman–Crippen LogP) is 3.25. The molecule has 8 heteroatoms. The number of sulfonamides is 1. The van der Waals surface area contributed by atoms with E-state index in [0.29, 0.717) is 0 Å². The lowest BCUT2D eigenvalue weighted by Gasteiger charge is -2.11. The van der Waals surface area contributed by atoms with Gasteiger partial charge in [0.25, 0.3) is 10.0 Å². The van der Waals surface area contributed by atoms with Gasteiger partial charge in [-0.2, -0.15) is 5.26 Å². The van der Waals surface area contributed by atoms with E-state index in [0.717, 1.165) is 0 Å². The molecule has 2 aromatic carbocycles. The van der Waals surface area contributed by atoms with Crippen LogP contribution in [0.25, 0.3) is 0 Å². The minimum atomic E-state index is -3.92. The Balaban J connectivity index is 2.43. The van der Waals surface area contributed by atoms with Gasteiger partial charge in [-0.1, -0.05) is 23.2 Å². The van der Waals surface area contributed by atoms with Gasteiger partial charge in [-0.3, -0.25) is 4.72 Å². The van der Waals surface area contributed by atoms with Gasteiger partial charge >= 0.3 is 0 Å². The molecule has 0 radical (unpaired) electrons. The molecule has 0 bridgehead atoms. The summed E-state index contributed by atoms with van der Waals surface area (Å²) in [7, 11) is -3.92. The zero-order valence-electron chi connectivity index (χ0n) is 10.5. The first-order chi connectivity index (χ1) is 9.83. The molecule has 0 aromatic heterocycles. The Morgan fingerprint density at radius 1 is 1.14 bits per heavy atom. The van der Waals surface area contributed by atoms with Crippen molar-refractivity contribution < 1.29 is 8.42 Å². The van der Waals surface area contributed by atoms with Gasteiger partial charge in [0.1, 0.15) is 11.0 Å². The van der Waals surface area contributed by atoms with Gasteiger partial charge in [-0.25, -0.2) is 8.42 Å². The average Bonchev–Trinajstić information content (AvgIpc) is 2.43. The van der Waals surface area contributed by atoms with E-state index in [-0.39, 0.29) is 31.9 Å². The summed E-state index contributed by atoms with van der Waals surface area (Å²) in [5.74, 6) is 0. The molecule has 0 aliphatic carbocycles. The molecule has 0 atom stereocenters. The van der Waals surface area contributed by atoms with Crippen LogP contribution in [0, 0.1) is 11.3 Å². The van der Waals surface area contributed by atoms with Crippen LogP contribution in [-0.4, -0.2) is 8.42 Å². The minimum absolute atomic E-state index is 0.0707. The van der Waals surface area contributed by atoms with Crippen molar-refractivity contribution in [2.24, 2.45) is 0 Å². The van der Waals surface area contributed by atoms with Gasteiger partial charge in [0.05, 0.1) is 22.0 Å². The molecule has 0 saturated carbocycles. The SMILES string of the molecule is N#Cc1cc(NS(=O)(=O)c2cc(Cl)ccc2N)ccc1Cl. The first-order valence-corrected chi connectivity index (χ1v) is 7.85. The van der Waals surface area contributed by atoms with E-state index in [4.69, 9.17) is 34.2 Å². The minimum Gasteiger partial charge on any atom is -0.398 e. The Morgan fingerprint density at radius 3 is 2.52 bits per heavy atom. The maximum atomic E-state index is 12.3. The number of anilines is 2. The zero-order chi connectivity index (χ0) is 15.6. The summed E-state index contributed by atoms with van der Waals surface area (Å²) < 4.78 is 26.9. The molecule has 0 spiro atoms. The first-order valence-electron chi connectivity index (χ1n) is 5.61. The van der Waals surface area contributed by atoms with Crippen molar-refractivity contribution >= 4 is 44.6 Å². The summed E-state index contributed by atoms with van der Waals surface area (Å²) in [4.78, 5) is -0.136. The topological polar surface area (TPSA) is 96.0 Å². The summed E-state index contributed by atoms with van der Waals surface area (Å²) in [5, 5.41) is 9.38. The van der Waals surface area contributed by atoms with E-state index >= 15 is 0 Å². The Morgan fingerprint density at radius 2 is 1.86 bits per heavy atom. The van der Waals surface area contributed by atoms with Crippen LogP contribution >= 0.6 is 23.2 Å². The number of benzene rings is 2. The van der Waals surface area contributed by atoms with Crippen molar-refractivity contribution in [3.05, 3.63) is 52.0 Å². The smallest absolute Gasteiger partial charge is 0.263 e. The normalized spacial score (nSPS) is 10.9. The molecular weight excluding hydrogens is 333 g/mol. The highest BCUT2D eigenvalue weighted by Gasteiger charge is 2.18. The standard InChI is InChI=1S/C13H9Cl2N3O2S/c14-9-1-4-12(17)13(6-9)21(19,20)18-10-2-3-11(15)8(5-10)7-16/h1-6,18H,17H2. The number of nitrogens with zero attached hydrogens (tertiary/aromatic N) is 1. The third-order valence-corrected chi connectivity index (χ3v) is 4.61. The summed E-state index contributed by atoms with van der Waals surface area (Å²) in [6, 6.07) is 10.2. The number of rotatable bonds is 3. The fraction of sp³-hybridized carbons (Fsp3) is 0. The van der Waals surface area contributed by atoms with E-state index in [1.165, 1.54) is 36.4 Å². The lowest BCUT2D eigenvalue weighted by Crippen LogP contribution is -2.15. The van der Waals surface area contributed by atoms with Crippen molar-refractivity contribution in [2.75, 3.05) is 10.5 Å². The Kier molecular flexibility index (Phi) is 4.28. The van der Waals surface area contributed by atoms with Crippen LogP contribution < -0.4 is 10.5 Å². The Labute approximate surface area is 132 Å². The number of halogens is 2. The van der Waals surface area contributed by atoms with Gasteiger partial charge in [-0.05, 0) is 36.4 Å². The first kappa shape index (κ1) is 15.4. The summed E-state index contributed by atoms with van der Waals surface area (Å²) in [6.45, 7) is 0. The maximum absolute atomic E-state index is 12.3. The van der Waals surface area contributed by atoms with E-state index < -0.39 is 10.0 Å². The third-order valence-electron chi connectivity index (χ3n) is 2.60. The van der Waals surface area contributed by atoms with Crippen molar-refractivity contribution in [1.82, 2.24) is 0 Å². The number of nitrogens with one attached hydrogen (secondary N) is 1. The lowest BCUT2D eigenvalue weighted by molar-refractivity contribution is 0.601. The lowest BCUT2D eigenvalue weighted by atomic mass is 10.2. The number of nitrogen functional groups attached to an aromatic ring is 1. The van der Waals surface area contributed by atoms with Crippen LogP contribution in [0.15, 0.2) is 41.3 Å². The zero-order valence-corrected chi connectivity index (χ0v) is 12.8. The molecule has 108 valence electrons. The molecule has 5 nitrogen and oxygen atoms in total. The molecular formula is C13H9Cl2N3O2S. The second-order valence-corrected chi connectivity index (χ2v) is 6.59. The highest BCUT2D eigenvalue weighted by molar-refractivity contribution is 7.92.